The summed E-state index contributed by atoms with van der Waals surface area (Å²) in [6, 6.07) is 4.27. The van der Waals surface area contributed by atoms with Crippen LogP contribution in [0.5, 0.6) is 5.75 Å². The lowest BCUT2D eigenvalue weighted by atomic mass is 10.1. The molecule has 24 heavy (non-hydrogen) atoms. The Hall–Kier alpha value is -2.33. The van der Waals surface area contributed by atoms with Crippen molar-refractivity contribution in [2.75, 3.05) is 25.6 Å². The molecule has 0 aliphatic rings. The summed E-state index contributed by atoms with van der Waals surface area (Å²) in [5, 5.41) is 14.2. The van der Waals surface area contributed by atoms with Crippen LogP contribution in [0.4, 0.5) is 18.9 Å². The molecule has 7 nitrogen and oxygen atoms in total. The van der Waals surface area contributed by atoms with Crippen LogP contribution >= 0.6 is 0 Å². The molecular weight excluding hydrogens is 333 g/mol. The van der Waals surface area contributed by atoms with Crippen molar-refractivity contribution in [1.82, 2.24) is 5.32 Å². The van der Waals surface area contributed by atoms with E-state index >= 15 is 0 Å². The van der Waals surface area contributed by atoms with Gasteiger partial charge < -0.3 is 25.2 Å². The first kappa shape index (κ1) is 19.7. The summed E-state index contributed by atoms with van der Waals surface area (Å²) >= 11 is 0. The first-order valence-corrected chi connectivity index (χ1v) is 6.69. The molecule has 0 bridgehead atoms. The van der Waals surface area contributed by atoms with Gasteiger partial charge >= 0.3 is 18.2 Å². The summed E-state index contributed by atoms with van der Waals surface area (Å²) in [5.41, 5.74) is -1.24. The highest BCUT2D eigenvalue weighted by molar-refractivity contribution is 6.39. The molecule has 1 aromatic rings. The number of rotatable bonds is 6. The third-order valence-corrected chi connectivity index (χ3v) is 2.64. The van der Waals surface area contributed by atoms with E-state index in [1.54, 1.807) is 0 Å². The Morgan fingerprint density at radius 3 is 2.25 bits per heavy atom. The maximum absolute atomic E-state index is 12.0. The van der Waals surface area contributed by atoms with Crippen LogP contribution in [0.3, 0.4) is 0 Å². The number of alkyl halides is 3. The van der Waals surface area contributed by atoms with Crippen LogP contribution in [-0.4, -0.2) is 49.1 Å². The van der Waals surface area contributed by atoms with Gasteiger partial charge in [-0.15, -0.1) is 13.2 Å². The SMILES string of the molecule is COCC(C)(O)CNC(=O)C(=O)Nc1ccc(OC(F)(F)F)cc1. The maximum atomic E-state index is 12.0. The van der Waals surface area contributed by atoms with Crippen LogP contribution in [0.2, 0.25) is 0 Å². The number of amides is 2. The summed E-state index contributed by atoms with van der Waals surface area (Å²) in [4.78, 5) is 23.3. The Bertz CT molecular complexity index is 573. The van der Waals surface area contributed by atoms with Crippen molar-refractivity contribution in [3.63, 3.8) is 0 Å². The molecule has 3 N–H and O–H groups in total. The zero-order valence-electron chi connectivity index (χ0n) is 12.9. The molecule has 1 atom stereocenters. The smallest absolute Gasteiger partial charge is 0.406 e. The molecule has 0 aromatic heterocycles. The summed E-state index contributed by atoms with van der Waals surface area (Å²) in [6.07, 6.45) is -4.82. The van der Waals surface area contributed by atoms with Crippen molar-refractivity contribution in [2.45, 2.75) is 18.9 Å². The van der Waals surface area contributed by atoms with Crippen molar-refractivity contribution in [1.29, 1.82) is 0 Å². The molecule has 0 fully saturated rings. The average Bonchev–Trinajstić information content (AvgIpc) is 2.45. The van der Waals surface area contributed by atoms with Crippen molar-refractivity contribution >= 4 is 17.5 Å². The lowest BCUT2D eigenvalue weighted by Crippen LogP contribution is -2.46. The fourth-order valence-electron chi connectivity index (χ4n) is 1.64. The van der Waals surface area contributed by atoms with E-state index in [1.807, 2.05) is 0 Å². The second-order valence-electron chi connectivity index (χ2n) is 5.14. The third-order valence-electron chi connectivity index (χ3n) is 2.64. The quantitative estimate of drug-likeness (QED) is 0.666. The summed E-state index contributed by atoms with van der Waals surface area (Å²) in [5.74, 6) is -2.50. The molecule has 1 unspecified atom stereocenters. The number of ether oxygens (including phenoxy) is 2. The minimum Gasteiger partial charge on any atom is -0.406 e. The van der Waals surface area contributed by atoms with Gasteiger partial charge in [0, 0.05) is 19.3 Å². The molecule has 1 aromatic carbocycles. The number of benzene rings is 1. The van der Waals surface area contributed by atoms with Crippen LogP contribution in [0.15, 0.2) is 24.3 Å². The average molecular weight is 350 g/mol. The predicted octanol–water partition coefficient (Wildman–Crippen LogP) is 1.04. The molecule has 0 saturated carbocycles. The normalized spacial score (nSPS) is 13.8. The third kappa shape index (κ3) is 7.29. The molecule has 0 heterocycles. The first-order chi connectivity index (χ1) is 11.0. The number of nitrogens with one attached hydrogen (secondary N) is 2. The van der Waals surface area contributed by atoms with Crippen molar-refractivity contribution in [3.8, 4) is 5.75 Å². The van der Waals surface area contributed by atoms with Crippen molar-refractivity contribution in [3.05, 3.63) is 24.3 Å². The fraction of sp³-hybridized carbons (Fsp3) is 0.429. The van der Waals surface area contributed by atoms with Gasteiger partial charge in [-0.1, -0.05) is 0 Å². The number of halogens is 3. The lowest BCUT2D eigenvalue weighted by Gasteiger charge is -2.22. The summed E-state index contributed by atoms with van der Waals surface area (Å²) in [6.45, 7) is 1.15. The molecule has 0 aliphatic carbocycles. The van der Waals surface area contributed by atoms with Gasteiger partial charge in [0.2, 0.25) is 0 Å². The molecule has 0 radical (unpaired) electrons. The summed E-state index contributed by atoms with van der Waals surface area (Å²) in [7, 11) is 1.37. The highest BCUT2D eigenvalue weighted by Gasteiger charge is 2.31. The van der Waals surface area contributed by atoms with Gasteiger partial charge in [0.15, 0.2) is 0 Å². The Morgan fingerprint density at radius 2 is 1.75 bits per heavy atom. The zero-order chi connectivity index (χ0) is 18.4. The van der Waals surface area contributed by atoms with Crippen molar-refractivity contribution in [2.24, 2.45) is 0 Å². The van der Waals surface area contributed by atoms with E-state index in [9.17, 15) is 27.9 Å². The Morgan fingerprint density at radius 1 is 1.17 bits per heavy atom. The number of hydrogen-bond acceptors (Lipinski definition) is 5. The van der Waals surface area contributed by atoms with Gasteiger partial charge in [-0.3, -0.25) is 9.59 Å². The van der Waals surface area contributed by atoms with Gasteiger partial charge in [0.25, 0.3) is 0 Å². The van der Waals surface area contributed by atoms with Crippen LogP contribution in [0.25, 0.3) is 0 Å². The lowest BCUT2D eigenvalue weighted by molar-refractivity contribution is -0.274. The van der Waals surface area contributed by atoms with E-state index in [0.717, 1.165) is 24.3 Å². The van der Waals surface area contributed by atoms with Gasteiger partial charge in [0.1, 0.15) is 11.4 Å². The minimum atomic E-state index is -4.82. The molecule has 10 heteroatoms. The zero-order valence-corrected chi connectivity index (χ0v) is 12.9. The number of carbonyl (C=O) groups excluding carboxylic acids is 2. The Kier molecular flexibility index (Phi) is 6.55. The van der Waals surface area contributed by atoms with E-state index < -0.39 is 29.5 Å². The van der Waals surface area contributed by atoms with Crippen LogP contribution in [0, 0.1) is 0 Å². The van der Waals surface area contributed by atoms with Crippen LogP contribution < -0.4 is 15.4 Å². The first-order valence-electron chi connectivity index (χ1n) is 6.69. The highest BCUT2D eigenvalue weighted by atomic mass is 19.4. The molecule has 2 amide bonds. The fourth-order valence-corrected chi connectivity index (χ4v) is 1.64. The van der Waals surface area contributed by atoms with Gasteiger partial charge in [-0.05, 0) is 31.2 Å². The molecular formula is C14H17F3N2O5. The van der Waals surface area contributed by atoms with E-state index in [1.165, 1.54) is 14.0 Å². The van der Waals surface area contributed by atoms with Gasteiger partial charge in [0.05, 0.1) is 6.61 Å². The largest absolute Gasteiger partial charge is 0.573 e. The van der Waals surface area contributed by atoms with E-state index in [4.69, 9.17) is 4.74 Å². The van der Waals surface area contributed by atoms with Crippen LogP contribution in [-0.2, 0) is 14.3 Å². The number of carbonyl (C=O) groups is 2. The van der Waals surface area contributed by atoms with E-state index in [-0.39, 0.29) is 18.8 Å². The second kappa shape index (κ2) is 7.97. The Labute approximate surface area is 135 Å². The predicted molar refractivity (Wildman–Crippen MR) is 77.3 cm³/mol. The molecule has 0 saturated heterocycles. The van der Waals surface area contributed by atoms with E-state index in [0.29, 0.717) is 0 Å². The molecule has 0 spiro atoms. The number of aliphatic hydroxyl groups is 1. The van der Waals surface area contributed by atoms with Gasteiger partial charge in [-0.25, -0.2) is 0 Å². The van der Waals surface area contributed by atoms with E-state index in [2.05, 4.69) is 15.4 Å². The Balaban J connectivity index is 2.53. The number of anilines is 1. The monoisotopic (exact) mass is 350 g/mol. The number of methoxy groups -OCH3 is 1. The number of hydrogen-bond donors (Lipinski definition) is 3. The second-order valence-corrected chi connectivity index (χ2v) is 5.14. The standard InChI is InChI=1S/C14H17F3N2O5/c1-13(22,8-23-2)7-18-11(20)12(21)19-9-3-5-10(6-4-9)24-14(15,16)17/h3-6,22H,7-8H2,1-2H3,(H,18,20)(H,19,21). The van der Waals surface area contributed by atoms with Crippen LogP contribution in [0.1, 0.15) is 6.92 Å². The molecule has 134 valence electrons. The van der Waals surface area contributed by atoms with Crippen molar-refractivity contribution < 1.29 is 37.3 Å². The maximum Gasteiger partial charge on any atom is 0.573 e. The molecule has 0 aliphatic heterocycles. The highest BCUT2D eigenvalue weighted by Crippen LogP contribution is 2.23. The summed E-state index contributed by atoms with van der Waals surface area (Å²) < 4.78 is 44.5. The minimum absolute atomic E-state index is 0.0461. The topological polar surface area (TPSA) is 96.9 Å². The van der Waals surface area contributed by atoms with Gasteiger partial charge in [-0.2, -0.15) is 0 Å². The molecule has 1 rings (SSSR count).